The van der Waals surface area contributed by atoms with Crippen molar-refractivity contribution in [1.29, 1.82) is 0 Å². The summed E-state index contributed by atoms with van der Waals surface area (Å²) in [5.74, 6) is 0.386. The molecule has 7 nitrogen and oxygen atoms in total. The van der Waals surface area contributed by atoms with Crippen LogP contribution in [-0.2, 0) is 16.2 Å². The average molecular weight is 564 g/mol. The van der Waals surface area contributed by atoms with E-state index in [1.807, 2.05) is 13.0 Å². The van der Waals surface area contributed by atoms with E-state index in [2.05, 4.69) is 0 Å². The SMILES string of the molecule is CCOc1cc(C=C2SC(=O)N(CC(=O)N3CCCCCC3)C2=O)ccc1OCc1ccc(Cl)c(Cl)c1. The number of hydrogen-bond acceptors (Lipinski definition) is 6. The number of amides is 3. The molecule has 2 saturated heterocycles. The van der Waals surface area contributed by atoms with Crippen molar-refractivity contribution in [3.8, 4) is 11.5 Å². The molecule has 0 saturated carbocycles. The van der Waals surface area contributed by atoms with Gasteiger partial charge in [-0.1, -0.05) is 48.2 Å². The van der Waals surface area contributed by atoms with Gasteiger partial charge in [-0.25, -0.2) is 0 Å². The van der Waals surface area contributed by atoms with Crippen LogP contribution in [0.4, 0.5) is 4.79 Å². The Hall–Kier alpha value is -2.68. The number of carbonyl (C=O) groups excluding carboxylic acids is 3. The van der Waals surface area contributed by atoms with E-state index in [0.29, 0.717) is 46.8 Å². The summed E-state index contributed by atoms with van der Waals surface area (Å²) in [5.41, 5.74) is 1.53. The number of ether oxygens (including phenoxy) is 2. The van der Waals surface area contributed by atoms with Crippen LogP contribution in [0.3, 0.4) is 0 Å². The van der Waals surface area contributed by atoms with Crippen molar-refractivity contribution in [2.75, 3.05) is 26.2 Å². The molecule has 10 heteroatoms. The summed E-state index contributed by atoms with van der Waals surface area (Å²) < 4.78 is 11.7. The van der Waals surface area contributed by atoms with Gasteiger partial charge in [0.25, 0.3) is 11.1 Å². The molecule has 0 bridgehead atoms. The predicted octanol–water partition coefficient (Wildman–Crippen LogP) is 6.41. The molecule has 0 N–H and O–H groups in total. The number of carbonyl (C=O) groups is 3. The normalized spacial score (nSPS) is 17.3. The molecule has 3 amide bonds. The minimum Gasteiger partial charge on any atom is -0.490 e. The summed E-state index contributed by atoms with van der Waals surface area (Å²) in [6.45, 7) is 3.66. The first-order chi connectivity index (χ1) is 17.9. The first-order valence-electron chi connectivity index (χ1n) is 12.2. The maximum absolute atomic E-state index is 13.0. The Morgan fingerprint density at radius 1 is 0.973 bits per heavy atom. The second-order valence-electron chi connectivity index (χ2n) is 8.74. The molecule has 2 aromatic carbocycles. The van der Waals surface area contributed by atoms with Gasteiger partial charge in [0.2, 0.25) is 5.91 Å². The maximum atomic E-state index is 13.0. The largest absolute Gasteiger partial charge is 0.490 e. The van der Waals surface area contributed by atoms with Crippen molar-refractivity contribution in [3.63, 3.8) is 0 Å². The van der Waals surface area contributed by atoms with E-state index in [9.17, 15) is 14.4 Å². The fourth-order valence-electron chi connectivity index (χ4n) is 4.14. The van der Waals surface area contributed by atoms with Crippen LogP contribution in [-0.4, -0.2) is 53.1 Å². The number of benzene rings is 2. The second-order valence-corrected chi connectivity index (χ2v) is 10.5. The number of imide groups is 1. The molecule has 0 unspecified atom stereocenters. The lowest BCUT2D eigenvalue weighted by Crippen LogP contribution is -2.42. The highest BCUT2D eigenvalue weighted by Crippen LogP contribution is 2.35. The number of thioether (sulfide) groups is 1. The zero-order chi connectivity index (χ0) is 26.4. The zero-order valence-corrected chi connectivity index (χ0v) is 22.8. The van der Waals surface area contributed by atoms with Gasteiger partial charge in [0.15, 0.2) is 11.5 Å². The van der Waals surface area contributed by atoms with Crippen LogP contribution in [0.5, 0.6) is 11.5 Å². The Kier molecular flexibility index (Phi) is 9.40. The quantitative estimate of drug-likeness (QED) is 0.346. The van der Waals surface area contributed by atoms with Gasteiger partial charge in [-0.15, -0.1) is 0 Å². The van der Waals surface area contributed by atoms with E-state index in [0.717, 1.165) is 47.9 Å². The molecule has 2 aromatic rings. The van der Waals surface area contributed by atoms with Gasteiger partial charge in [0.05, 0.1) is 21.6 Å². The van der Waals surface area contributed by atoms with E-state index in [4.69, 9.17) is 32.7 Å². The van der Waals surface area contributed by atoms with Crippen LogP contribution < -0.4 is 9.47 Å². The first kappa shape index (κ1) is 27.4. The predicted molar refractivity (Wildman–Crippen MR) is 146 cm³/mol. The molecule has 196 valence electrons. The highest BCUT2D eigenvalue weighted by atomic mass is 35.5. The topological polar surface area (TPSA) is 76.2 Å². The van der Waals surface area contributed by atoms with Crippen LogP contribution in [0.1, 0.15) is 43.7 Å². The molecule has 2 heterocycles. The minimum atomic E-state index is -0.462. The molecular weight excluding hydrogens is 535 g/mol. The van der Waals surface area contributed by atoms with Crippen molar-refractivity contribution in [2.45, 2.75) is 39.2 Å². The molecule has 0 atom stereocenters. The van der Waals surface area contributed by atoms with E-state index < -0.39 is 11.1 Å². The highest BCUT2D eigenvalue weighted by Gasteiger charge is 2.37. The Morgan fingerprint density at radius 3 is 2.43 bits per heavy atom. The fraction of sp³-hybridized carbons (Fsp3) is 0.370. The molecule has 2 aliphatic heterocycles. The van der Waals surface area contributed by atoms with E-state index >= 15 is 0 Å². The Labute approximate surface area is 230 Å². The summed E-state index contributed by atoms with van der Waals surface area (Å²) in [4.78, 5) is 41.3. The molecule has 37 heavy (non-hydrogen) atoms. The average Bonchev–Trinajstić information content (AvgIpc) is 3.06. The zero-order valence-electron chi connectivity index (χ0n) is 20.5. The second kappa shape index (κ2) is 12.7. The van der Waals surface area contributed by atoms with Gasteiger partial charge >= 0.3 is 0 Å². The van der Waals surface area contributed by atoms with Crippen molar-refractivity contribution >= 4 is 58.1 Å². The molecule has 0 radical (unpaired) electrons. The summed E-state index contributed by atoms with van der Waals surface area (Å²) in [7, 11) is 0. The Morgan fingerprint density at radius 2 is 1.73 bits per heavy atom. The van der Waals surface area contributed by atoms with Crippen molar-refractivity contribution in [2.24, 2.45) is 0 Å². The van der Waals surface area contributed by atoms with Crippen LogP contribution in [0.2, 0.25) is 10.0 Å². The van der Waals surface area contributed by atoms with Crippen molar-refractivity contribution < 1.29 is 23.9 Å². The van der Waals surface area contributed by atoms with Crippen molar-refractivity contribution in [1.82, 2.24) is 9.80 Å². The van der Waals surface area contributed by atoms with Gasteiger partial charge in [0, 0.05) is 13.1 Å². The number of nitrogens with zero attached hydrogens (tertiary/aromatic N) is 2. The third-order valence-electron chi connectivity index (χ3n) is 6.07. The lowest BCUT2D eigenvalue weighted by Gasteiger charge is -2.22. The molecule has 0 aromatic heterocycles. The van der Waals surface area contributed by atoms with Gasteiger partial charge < -0.3 is 14.4 Å². The van der Waals surface area contributed by atoms with Crippen molar-refractivity contribution in [3.05, 3.63) is 62.5 Å². The summed E-state index contributed by atoms with van der Waals surface area (Å²) in [6.07, 6.45) is 5.71. The summed E-state index contributed by atoms with van der Waals surface area (Å²) >= 11 is 12.9. The van der Waals surface area contributed by atoms with Gasteiger partial charge in [0.1, 0.15) is 13.2 Å². The lowest BCUT2D eigenvalue weighted by atomic mass is 10.1. The Balaban J connectivity index is 1.45. The molecule has 0 spiro atoms. The number of likely N-dealkylation sites (tertiary alicyclic amines) is 1. The van der Waals surface area contributed by atoms with Crippen LogP contribution in [0.25, 0.3) is 6.08 Å². The number of rotatable bonds is 8. The Bertz CT molecular complexity index is 1210. The monoisotopic (exact) mass is 562 g/mol. The van der Waals surface area contributed by atoms with Crippen LogP contribution in [0.15, 0.2) is 41.3 Å². The fourth-order valence-corrected chi connectivity index (χ4v) is 5.29. The summed E-state index contributed by atoms with van der Waals surface area (Å²) in [6, 6.07) is 10.6. The molecule has 0 aliphatic carbocycles. The third kappa shape index (κ3) is 7.00. The summed E-state index contributed by atoms with van der Waals surface area (Å²) in [5, 5.41) is 0.483. The van der Waals surface area contributed by atoms with E-state index in [1.165, 1.54) is 0 Å². The van der Waals surface area contributed by atoms with Crippen LogP contribution in [0, 0.1) is 0 Å². The lowest BCUT2D eigenvalue weighted by molar-refractivity contribution is -0.135. The molecule has 4 rings (SSSR count). The van der Waals surface area contributed by atoms with Gasteiger partial charge in [-0.3, -0.25) is 19.3 Å². The molecular formula is C27H28Cl2N2O5S. The smallest absolute Gasteiger partial charge is 0.294 e. The molecule has 2 aliphatic rings. The number of hydrogen-bond donors (Lipinski definition) is 0. The number of halogens is 2. The van der Waals surface area contributed by atoms with Gasteiger partial charge in [-0.2, -0.15) is 0 Å². The third-order valence-corrected chi connectivity index (χ3v) is 7.72. The van der Waals surface area contributed by atoms with Gasteiger partial charge in [-0.05, 0) is 73.0 Å². The van der Waals surface area contributed by atoms with E-state index in [1.54, 1.807) is 41.3 Å². The highest BCUT2D eigenvalue weighted by molar-refractivity contribution is 8.18. The standard InChI is InChI=1S/C27H28Cl2N2O5S/c1-2-35-23-14-18(8-10-22(23)36-17-19-7-9-20(28)21(29)13-19)15-24-26(33)31(27(34)37-24)16-25(32)30-11-5-3-4-6-12-30/h7-10,13-15H,2-6,11-12,16-17H2,1H3. The molecule has 2 fully saturated rings. The maximum Gasteiger partial charge on any atom is 0.294 e. The minimum absolute atomic E-state index is 0.187. The van der Waals surface area contributed by atoms with E-state index in [-0.39, 0.29) is 24.0 Å². The first-order valence-corrected chi connectivity index (χ1v) is 13.8. The van der Waals surface area contributed by atoms with Crippen LogP contribution >= 0.6 is 35.0 Å².